The zero-order valence-electron chi connectivity index (χ0n) is 33.4. The van der Waals surface area contributed by atoms with Gasteiger partial charge in [-0.05, 0) is 56.4 Å². The smallest absolute Gasteiger partial charge is 0.224 e. The van der Waals surface area contributed by atoms with Crippen molar-refractivity contribution in [1.82, 2.24) is 5.32 Å². The van der Waals surface area contributed by atoms with Crippen LogP contribution in [0.3, 0.4) is 0 Å². The fraction of sp³-hybridized carbons (Fsp3) is 0.822. The lowest BCUT2D eigenvalue weighted by molar-refractivity contribution is -0.121. The summed E-state index contributed by atoms with van der Waals surface area (Å²) in [6.45, 7) is 4.84. The summed E-state index contributed by atoms with van der Waals surface area (Å²) in [5, 5.41) is 15.1. The molecule has 0 fully saturated rings. The summed E-state index contributed by atoms with van der Waals surface area (Å²) in [6.07, 6.45) is 41.8. The third kappa shape index (κ3) is 34.8. The summed E-state index contributed by atoms with van der Waals surface area (Å²) in [6, 6.07) is 6.48. The molecule has 1 aromatic carbocycles. The normalized spacial score (nSPS) is 11.2. The summed E-state index contributed by atoms with van der Waals surface area (Å²) in [5.41, 5.74) is 0.692. The second-order valence-corrected chi connectivity index (χ2v) is 15.2. The number of anilines is 1. The zero-order chi connectivity index (χ0) is 36.7. The Labute approximate surface area is 315 Å². The summed E-state index contributed by atoms with van der Waals surface area (Å²) < 4.78 is 5.87. The van der Waals surface area contributed by atoms with Crippen molar-refractivity contribution in [2.75, 3.05) is 25.1 Å². The molecule has 1 rings (SSSR count). The molecule has 0 heterocycles. The van der Waals surface area contributed by atoms with Gasteiger partial charge in [0, 0.05) is 38.3 Å². The SMILES string of the molecule is CCCCCCCCCCCCCCCCCCCCCCOCCCCCCCCCCC(=O)NCCCCCC(=O)Nc1ccc(O)cc1. The molecule has 0 radical (unpaired) electrons. The van der Waals surface area contributed by atoms with Crippen molar-refractivity contribution >= 4 is 17.5 Å². The average molecular weight is 715 g/mol. The maximum Gasteiger partial charge on any atom is 0.224 e. The van der Waals surface area contributed by atoms with Crippen LogP contribution in [0.15, 0.2) is 24.3 Å². The molecule has 1 aromatic rings. The van der Waals surface area contributed by atoms with Crippen molar-refractivity contribution in [3.05, 3.63) is 24.3 Å². The van der Waals surface area contributed by atoms with Crippen molar-refractivity contribution in [2.45, 2.75) is 219 Å². The van der Waals surface area contributed by atoms with E-state index < -0.39 is 0 Å². The first kappa shape index (κ1) is 46.9. The molecule has 0 saturated heterocycles. The Bertz CT molecular complexity index is 891. The molecular formula is C45H82N2O4. The van der Waals surface area contributed by atoms with Gasteiger partial charge in [-0.2, -0.15) is 0 Å². The summed E-state index contributed by atoms with van der Waals surface area (Å²) in [4.78, 5) is 24.1. The number of ether oxygens (including phenoxy) is 1. The molecule has 0 aromatic heterocycles. The molecular weight excluding hydrogens is 633 g/mol. The van der Waals surface area contributed by atoms with Crippen LogP contribution in [0.1, 0.15) is 219 Å². The van der Waals surface area contributed by atoms with Crippen LogP contribution in [0.2, 0.25) is 0 Å². The molecule has 0 saturated carbocycles. The van der Waals surface area contributed by atoms with Crippen molar-refractivity contribution in [1.29, 1.82) is 0 Å². The zero-order valence-corrected chi connectivity index (χ0v) is 33.4. The first-order valence-electron chi connectivity index (χ1n) is 22.0. The number of nitrogens with one attached hydrogen (secondary N) is 2. The van der Waals surface area contributed by atoms with Crippen molar-refractivity contribution in [3.8, 4) is 5.75 Å². The van der Waals surface area contributed by atoms with Crippen molar-refractivity contribution in [3.63, 3.8) is 0 Å². The third-order valence-corrected chi connectivity index (χ3v) is 10.1. The Morgan fingerprint density at radius 2 is 0.824 bits per heavy atom. The van der Waals surface area contributed by atoms with Crippen molar-refractivity contribution in [2.24, 2.45) is 0 Å². The third-order valence-electron chi connectivity index (χ3n) is 10.1. The van der Waals surface area contributed by atoms with E-state index >= 15 is 0 Å². The molecule has 0 spiro atoms. The van der Waals surface area contributed by atoms with Crippen LogP contribution in [-0.2, 0) is 14.3 Å². The van der Waals surface area contributed by atoms with Crippen LogP contribution >= 0.6 is 0 Å². The number of phenolic OH excluding ortho intramolecular Hbond substituents is 1. The second-order valence-electron chi connectivity index (χ2n) is 15.2. The molecule has 0 aliphatic rings. The lowest BCUT2D eigenvalue weighted by atomic mass is 10.0. The number of carbonyl (C=O) groups is 2. The molecule has 296 valence electrons. The minimum Gasteiger partial charge on any atom is -0.508 e. The molecule has 6 nitrogen and oxygen atoms in total. The summed E-state index contributed by atoms with van der Waals surface area (Å²) >= 11 is 0. The van der Waals surface area contributed by atoms with E-state index in [0.29, 0.717) is 25.1 Å². The Balaban J connectivity index is 1.68. The molecule has 2 amide bonds. The Kier molecular flexibility index (Phi) is 34.7. The highest BCUT2D eigenvalue weighted by Gasteiger charge is 2.04. The van der Waals surface area contributed by atoms with Crippen LogP contribution in [0.4, 0.5) is 5.69 Å². The number of unbranched alkanes of at least 4 members (excludes halogenated alkanes) is 28. The predicted octanol–water partition coefficient (Wildman–Crippen LogP) is 13.4. The van der Waals surface area contributed by atoms with E-state index in [1.165, 1.54) is 167 Å². The number of hydrogen-bond donors (Lipinski definition) is 3. The van der Waals surface area contributed by atoms with Gasteiger partial charge in [0.2, 0.25) is 11.8 Å². The van der Waals surface area contributed by atoms with E-state index in [9.17, 15) is 14.7 Å². The van der Waals surface area contributed by atoms with Gasteiger partial charge < -0.3 is 20.5 Å². The van der Waals surface area contributed by atoms with Gasteiger partial charge >= 0.3 is 0 Å². The monoisotopic (exact) mass is 715 g/mol. The second kappa shape index (κ2) is 37.7. The maximum absolute atomic E-state index is 12.1. The standard InChI is InChI=1S/C45H82N2O4/c1-2-3-4-5-6-7-8-9-10-11-12-13-14-15-16-17-19-22-25-31-40-51-41-32-26-23-20-18-21-24-28-33-44(49)46-39-30-27-29-34-45(50)47-42-35-37-43(48)38-36-42/h35-38,48H,2-34,39-41H2,1H3,(H,46,49)(H,47,50). The van der Waals surface area contributed by atoms with E-state index in [1.807, 2.05) is 0 Å². The highest BCUT2D eigenvalue weighted by molar-refractivity contribution is 5.90. The van der Waals surface area contributed by atoms with Crippen LogP contribution in [0.5, 0.6) is 5.75 Å². The number of benzene rings is 1. The fourth-order valence-electron chi connectivity index (χ4n) is 6.78. The number of amides is 2. The minimum atomic E-state index is -0.0230. The molecule has 0 atom stereocenters. The van der Waals surface area contributed by atoms with E-state index in [1.54, 1.807) is 24.3 Å². The summed E-state index contributed by atoms with van der Waals surface area (Å²) in [7, 11) is 0. The number of aromatic hydroxyl groups is 1. The van der Waals surface area contributed by atoms with Gasteiger partial charge in [0.25, 0.3) is 0 Å². The first-order valence-corrected chi connectivity index (χ1v) is 22.0. The van der Waals surface area contributed by atoms with Gasteiger partial charge in [0.1, 0.15) is 5.75 Å². The lowest BCUT2D eigenvalue weighted by Crippen LogP contribution is -2.24. The Morgan fingerprint density at radius 1 is 0.471 bits per heavy atom. The summed E-state index contributed by atoms with van der Waals surface area (Å²) in [5.74, 6) is 0.309. The highest BCUT2D eigenvalue weighted by atomic mass is 16.5. The molecule has 51 heavy (non-hydrogen) atoms. The quantitative estimate of drug-likeness (QED) is 0.0468. The molecule has 6 heteroatoms. The Morgan fingerprint density at radius 3 is 1.25 bits per heavy atom. The van der Waals surface area contributed by atoms with Crippen LogP contribution in [0.25, 0.3) is 0 Å². The highest BCUT2D eigenvalue weighted by Crippen LogP contribution is 2.16. The van der Waals surface area contributed by atoms with Crippen LogP contribution in [0, 0.1) is 0 Å². The van der Waals surface area contributed by atoms with Crippen molar-refractivity contribution < 1.29 is 19.4 Å². The number of hydrogen-bond acceptors (Lipinski definition) is 4. The van der Waals surface area contributed by atoms with Gasteiger partial charge in [0.15, 0.2) is 0 Å². The fourth-order valence-corrected chi connectivity index (χ4v) is 6.78. The number of phenols is 1. The average Bonchev–Trinajstić information content (AvgIpc) is 3.13. The lowest BCUT2D eigenvalue weighted by Gasteiger charge is -2.07. The van der Waals surface area contributed by atoms with E-state index in [0.717, 1.165) is 45.3 Å². The minimum absolute atomic E-state index is 0.0230. The maximum atomic E-state index is 12.1. The van der Waals surface area contributed by atoms with Gasteiger partial charge in [-0.15, -0.1) is 0 Å². The molecule has 3 N–H and O–H groups in total. The van der Waals surface area contributed by atoms with Gasteiger partial charge in [0.05, 0.1) is 0 Å². The van der Waals surface area contributed by atoms with Gasteiger partial charge in [-0.1, -0.05) is 174 Å². The van der Waals surface area contributed by atoms with E-state index in [2.05, 4.69) is 17.6 Å². The predicted molar refractivity (Wildman–Crippen MR) is 219 cm³/mol. The van der Waals surface area contributed by atoms with Gasteiger partial charge in [-0.3, -0.25) is 9.59 Å². The number of carbonyl (C=O) groups excluding carboxylic acids is 2. The number of rotatable bonds is 39. The van der Waals surface area contributed by atoms with E-state index in [-0.39, 0.29) is 17.6 Å². The first-order chi connectivity index (χ1) is 25.1. The van der Waals surface area contributed by atoms with Crippen LogP contribution < -0.4 is 10.6 Å². The molecule has 0 aliphatic heterocycles. The van der Waals surface area contributed by atoms with Crippen LogP contribution in [-0.4, -0.2) is 36.7 Å². The van der Waals surface area contributed by atoms with E-state index in [4.69, 9.17) is 4.74 Å². The molecule has 0 aliphatic carbocycles. The van der Waals surface area contributed by atoms with Gasteiger partial charge in [-0.25, -0.2) is 0 Å². The Hall–Kier alpha value is -2.08. The molecule has 0 unspecified atom stereocenters. The topological polar surface area (TPSA) is 87.7 Å². The largest absolute Gasteiger partial charge is 0.508 e. The molecule has 0 bridgehead atoms.